The SMILES string of the molecule is Fc1ccc(CCNc2ncnc3c2sc2ncccc23)cc1. The van der Waals surface area contributed by atoms with Crippen molar-refractivity contribution in [2.24, 2.45) is 0 Å². The van der Waals surface area contributed by atoms with E-state index < -0.39 is 0 Å². The summed E-state index contributed by atoms with van der Waals surface area (Å²) < 4.78 is 13.9. The molecular weight excluding hydrogens is 311 g/mol. The van der Waals surface area contributed by atoms with E-state index in [2.05, 4.69) is 20.3 Å². The second-order valence-electron chi connectivity index (χ2n) is 5.16. The number of rotatable bonds is 4. The highest BCUT2D eigenvalue weighted by atomic mass is 32.1. The second kappa shape index (κ2) is 5.89. The molecule has 23 heavy (non-hydrogen) atoms. The number of hydrogen-bond acceptors (Lipinski definition) is 5. The Hall–Kier alpha value is -2.60. The first-order chi connectivity index (χ1) is 11.3. The largest absolute Gasteiger partial charge is 0.368 e. The van der Waals surface area contributed by atoms with E-state index in [0.29, 0.717) is 0 Å². The number of benzene rings is 1. The van der Waals surface area contributed by atoms with Gasteiger partial charge in [0.1, 0.15) is 22.8 Å². The Morgan fingerprint density at radius 3 is 2.78 bits per heavy atom. The fraction of sp³-hybridized carbons (Fsp3) is 0.118. The van der Waals surface area contributed by atoms with Crippen molar-refractivity contribution in [1.29, 1.82) is 0 Å². The molecular formula is C17H13FN4S. The molecule has 0 atom stereocenters. The van der Waals surface area contributed by atoms with E-state index in [1.165, 1.54) is 12.1 Å². The molecule has 3 aromatic heterocycles. The summed E-state index contributed by atoms with van der Waals surface area (Å²) in [5.41, 5.74) is 2.01. The van der Waals surface area contributed by atoms with Gasteiger partial charge in [0, 0.05) is 18.1 Å². The Balaban J connectivity index is 1.58. The van der Waals surface area contributed by atoms with Crippen LogP contribution in [0.25, 0.3) is 20.4 Å². The van der Waals surface area contributed by atoms with E-state index in [9.17, 15) is 4.39 Å². The van der Waals surface area contributed by atoms with Gasteiger partial charge in [-0.1, -0.05) is 12.1 Å². The van der Waals surface area contributed by atoms with Crippen molar-refractivity contribution in [3.8, 4) is 0 Å². The average Bonchev–Trinajstić information content (AvgIpc) is 2.96. The minimum atomic E-state index is -0.211. The lowest BCUT2D eigenvalue weighted by Crippen LogP contribution is -2.06. The van der Waals surface area contributed by atoms with Crippen LogP contribution in [-0.2, 0) is 6.42 Å². The Bertz CT molecular complexity index is 965. The second-order valence-corrected chi connectivity index (χ2v) is 6.16. The van der Waals surface area contributed by atoms with E-state index >= 15 is 0 Å². The van der Waals surface area contributed by atoms with Crippen molar-refractivity contribution < 1.29 is 4.39 Å². The highest BCUT2D eigenvalue weighted by Gasteiger charge is 2.11. The fourth-order valence-electron chi connectivity index (χ4n) is 2.51. The van der Waals surface area contributed by atoms with Crippen molar-refractivity contribution in [2.75, 3.05) is 11.9 Å². The van der Waals surface area contributed by atoms with Crippen molar-refractivity contribution >= 4 is 37.6 Å². The van der Waals surface area contributed by atoms with Crippen LogP contribution in [0.4, 0.5) is 10.2 Å². The average molecular weight is 324 g/mol. The number of anilines is 1. The number of thiophene rings is 1. The van der Waals surface area contributed by atoms with Gasteiger partial charge in [0.2, 0.25) is 0 Å². The van der Waals surface area contributed by atoms with Gasteiger partial charge in [0.05, 0.1) is 10.2 Å². The van der Waals surface area contributed by atoms with Crippen LogP contribution in [0.1, 0.15) is 5.56 Å². The van der Waals surface area contributed by atoms with Gasteiger partial charge in [-0.2, -0.15) is 0 Å². The molecule has 1 aromatic carbocycles. The normalized spacial score (nSPS) is 11.2. The quantitative estimate of drug-likeness (QED) is 0.616. The van der Waals surface area contributed by atoms with Crippen LogP contribution in [0.15, 0.2) is 48.9 Å². The third-order valence-corrected chi connectivity index (χ3v) is 4.76. The van der Waals surface area contributed by atoms with Crippen LogP contribution >= 0.6 is 11.3 Å². The molecule has 1 N–H and O–H groups in total. The molecule has 0 aliphatic rings. The van der Waals surface area contributed by atoms with E-state index in [1.54, 1.807) is 36.0 Å². The van der Waals surface area contributed by atoms with Crippen LogP contribution < -0.4 is 5.32 Å². The standard InChI is InChI=1S/C17H13FN4S/c18-12-5-3-11(4-6-12)7-9-19-16-15-14(21-10-22-16)13-2-1-8-20-17(13)23-15/h1-6,8,10H,7,9H2,(H,19,21,22). The molecule has 4 nitrogen and oxygen atoms in total. The minimum Gasteiger partial charge on any atom is -0.368 e. The van der Waals surface area contributed by atoms with Gasteiger partial charge in [0.15, 0.2) is 0 Å². The molecule has 0 aliphatic heterocycles. The zero-order valence-corrected chi connectivity index (χ0v) is 13.0. The topological polar surface area (TPSA) is 50.7 Å². The Morgan fingerprint density at radius 2 is 1.91 bits per heavy atom. The Kier molecular flexibility index (Phi) is 3.59. The molecule has 0 unspecified atom stereocenters. The molecule has 4 aromatic rings. The lowest BCUT2D eigenvalue weighted by Gasteiger charge is -2.06. The third kappa shape index (κ3) is 2.73. The summed E-state index contributed by atoms with van der Waals surface area (Å²) in [7, 11) is 0. The summed E-state index contributed by atoms with van der Waals surface area (Å²) in [6.45, 7) is 0.722. The predicted octanol–water partition coefficient (Wildman–Crippen LogP) is 4.03. The number of nitrogens with one attached hydrogen (secondary N) is 1. The zero-order valence-electron chi connectivity index (χ0n) is 12.2. The molecule has 114 valence electrons. The monoisotopic (exact) mass is 324 g/mol. The highest BCUT2D eigenvalue weighted by molar-refractivity contribution is 7.25. The number of halogens is 1. The fourth-order valence-corrected chi connectivity index (χ4v) is 3.58. The molecule has 0 amide bonds. The van der Waals surface area contributed by atoms with Gasteiger partial charge in [-0.05, 0) is 36.2 Å². The summed E-state index contributed by atoms with van der Waals surface area (Å²) in [5, 5.41) is 4.40. The van der Waals surface area contributed by atoms with Crippen LogP contribution in [0.2, 0.25) is 0 Å². The van der Waals surface area contributed by atoms with Gasteiger partial charge >= 0.3 is 0 Å². The van der Waals surface area contributed by atoms with Crippen molar-refractivity contribution in [1.82, 2.24) is 15.0 Å². The highest BCUT2D eigenvalue weighted by Crippen LogP contribution is 2.34. The van der Waals surface area contributed by atoms with Crippen molar-refractivity contribution in [2.45, 2.75) is 6.42 Å². The maximum absolute atomic E-state index is 12.9. The van der Waals surface area contributed by atoms with Crippen LogP contribution in [0.3, 0.4) is 0 Å². The first-order valence-corrected chi connectivity index (χ1v) is 8.09. The first kappa shape index (κ1) is 14.0. The van der Waals surface area contributed by atoms with Gasteiger partial charge in [-0.3, -0.25) is 0 Å². The summed E-state index contributed by atoms with van der Waals surface area (Å²) in [6.07, 6.45) is 4.16. The molecule has 6 heteroatoms. The summed E-state index contributed by atoms with van der Waals surface area (Å²) in [6, 6.07) is 10.5. The zero-order chi connectivity index (χ0) is 15.6. The Labute approximate surface area is 136 Å². The number of pyridine rings is 1. The van der Waals surface area contributed by atoms with Crippen LogP contribution in [0, 0.1) is 5.82 Å². The lowest BCUT2D eigenvalue weighted by molar-refractivity contribution is 0.627. The van der Waals surface area contributed by atoms with Crippen molar-refractivity contribution in [3.05, 3.63) is 60.3 Å². The van der Waals surface area contributed by atoms with E-state index in [-0.39, 0.29) is 5.82 Å². The van der Waals surface area contributed by atoms with Crippen LogP contribution in [-0.4, -0.2) is 21.5 Å². The van der Waals surface area contributed by atoms with Crippen LogP contribution in [0.5, 0.6) is 0 Å². The molecule has 0 spiro atoms. The number of aromatic nitrogens is 3. The Morgan fingerprint density at radius 1 is 1.04 bits per heavy atom. The molecule has 0 radical (unpaired) electrons. The molecule has 3 heterocycles. The molecule has 4 rings (SSSR count). The summed E-state index contributed by atoms with van der Waals surface area (Å²) >= 11 is 1.59. The van der Waals surface area contributed by atoms with Gasteiger partial charge in [0.25, 0.3) is 0 Å². The van der Waals surface area contributed by atoms with E-state index in [4.69, 9.17) is 0 Å². The molecule has 0 saturated carbocycles. The van der Waals surface area contributed by atoms with Crippen molar-refractivity contribution in [3.63, 3.8) is 0 Å². The first-order valence-electron chi connectivity index (χ1n) is 7.28. The maximum Gasteiger partial charge on any atom is 0.147 e. The minimum absolute atomic E-state index is 0.211. The number of nitrogens with zero attached hydrogens (tertiary/aromatic N) is 3. The molecule has 0 fully saturated rings. The third-order valence-electron chi connectivity index (χ3n) is 3.65. The van der Waals surface area contributed by atoms with Gasteiger partial charge < -0.3 is 5.32 Å². The number of hydrogen-bond donors (Lipinski definition) is 1. The van der Waals surface area contributed by atoms with E-state index in [1.807, 2.05) is 12.1 Å². The van der Waals surface area contributed by atoms with E-state index in [0.717, 1.165) is 44.8 Å². The molecule has 0 bridgehead atoms. The summed E-state index contributed by atoms with van der Waals surface area (Å²) in [5.74, 6) is 0.608. The smallest absolute Gasteiger partial charge is 0.147 e. The maximum atomic E-state index is 12.9. The number of fused-ring (bicyclic) bond motifs is 3. The predicted molar refractivity (Wildman–Crippen MR) is 91.3 cm³/mol. The summed E-state index contributed by atoms with van der Waals surface area (Å²) in [4.78, 5) is 14.1. The van der Waals surface area contributed by atoms with Gasteiger partial charge in [-0.25, -0.2) is 19.3 Å². The van der Waals surface area contributed by atoms with Gasteiger partial charge in [-0.15, -0.1) is 11.3 Å². The molecule has 0 saturated heterocycles. The lowest BCUT2D eigenvalue weighted by atomic mass is 10.1. The molecule has 0 aliphatic carbocycles.